The topological polar surface area (TPSA) is 90.7 Å². The van der Waals surface area contributed by atoms with Gasteiger partial charge in [0, 0.05) is 43.7 Å². The van der Waals surface area contributed by atoms with E-state index in [2.05, 4.69) is 10.2 Å². The van der Waals surface area contributed by atoms with Gasteiger partial charge >= 0.3 is 6.03 Å². The number of ether oxygens (including phenoxy) is 1. The van der Waals surface area contributed by atoms with Crippen molar-refractivity contribution in [1.82, 2.24) is 14.8 Å². The summed E-state index contributed by atoms with van der Waals surface area (Å²) in [4.78, 5) is 28.5. The standard InChI is InChI=1S/C21H25N5O3/c1-14-13-29-18-11-15(20(27)24-8-3-4-9-24)5-6-17(18)26(14)16-7-10-25(19(22)12-16)21(28)23-2/h5-7,10-12,14,22H,3-4,8-9,13H2,1-2H3,(H,23,28)/t14-/m1/s1. The fraction of sp³-hybridized carbons (Fsp3) is 0.381. The summed E-state index contributed by atoms with van der Waals surface area (Å²) >= 11 is 0. The fourth-order valence-corrected chi connectivity index (χ4v) is 3.92. The number of anilines is 2. The molecule has 0 bridgehead atoms. The van der Waals surface area contributed by atoms with E-state index in [9.17, 15) is 9.59 Å². The second kappa shape index (κ2) is 7.62. The number of hydrogen-bond acceptors (Lipinski definition) is 5. The van der Waals surface area contributed by atoms with Gasteiger partial charge in [-0.25, -0.2) is 4.79 Å². The quantitative estimate of drug-likeness (QED) is 0.816. The van der Waals surface area contributed by atoms with Crippen LogP contribution >= 0.6 is 0 Å². The summed E-state index contributed by atoms with van der Waals surface area (Å²) in [6.45, 7) is 4.12. The Hall–Kier alpha value is -3.29. The van der Waals surface area contributed by atoms with Crippen molar-refractivity contribution in [2.24, 2.45) is 0 Å². The maximum absolute atomic E-state index is 12.7. The Labute approximate surface area is 169 Å². The summed E-state index contributed by atoms with van der Waals surface area (Å²) in [5.41, 5.74) is 2.36. The summed E-state index contributed by atoms with van der Waals surface area (Å²) < 4.78 is 7.17. The molecule has 8 heteroatoms. The van der Waals surface area contributed by atoms with Gasteiger partial charge in [-0.05, 0) is 44.0 Å². The lowest BCUT2D eigenvalue weighted by molar-refractivity contribution is 0.0792. The molecule has 2 aromatic rings. The van der Waals surface area contributed by atoms with Crippen molar-refractivity contribution in [3.8, 4) is 5.75 Å². The SMILES string of the molecule is CNC(=O)n1ccc(N2c3ccc(C(=O)N4CCCC4)cc3OC[C@H]2C)cc1=N. The zero-order valence-corrected chi connectivity index (χ0v) is 16.6. The van der Waals surface area contributed by atoms with Crippen LogP contribution in [0.1, 0.15) is 30.1 Å². The predicted octanol–water partition coefficient (Wildman–Crippen LogP) is 2.31. The average Bonchev–Trinajstić information content (AvgIpc) is 3.27. The van der Waals surface area contributed by atoms with Crippen LogP contribution in [0.25, 0.3) is 0 Å². The third-order valence-electron chi connectivity index (χ3n) is 5.43. The largest absolute Gasteiger partial charge is 0.489 e. The maximum Gasteiger partial charge on any atom is 0.326 e. The first-order valence-electron chi connectivity index (χ1n) is 9.84. The summed E-state index contributed by atoms with van der Waals surface area (Å²) in [7, 11) is 1.53. The molecule has 3 heterocycles. The molecular weight excluding hydrogens is 370 g/mol. The van der Waals surface area contributed by atoms with Crippen LogP contribution in [0, 0.1) is 5.41 Å². The van der Waals surface area contributed by atoms with E-state index in [0.29, 0.717) is 17.9 Å². The Morgan fingerprint density at radius 2 is 1.93 bits per heavy atom. The molecule has 4 rings (SSSR count). The summed E-state index contributed by atoms with van der Waals surface area (Å²) in [6, 6.07) is 8.69. The molecule has 1 aromatic heterocycles. The summed E-state index contributed by atoms with van der Waals surface area (Å²) in [5, 5.41) is 10.7. The summed E-state index contributed by atoms with van der Waals surface area (Å²) in [6.07, 6.45) is 3.69. The number of fused-ring (bicyclic) bond motifs is 1. The van der Waals surface area contributed by atoms with Crippen LogP contribution < -0.4 is 20.4 Å². The molecular formula is C21H25N5O3. The smallest absolute Gasteiger partial charge is 0.326 e. The third-order valence-corrected chi connectivity index (χ3v) is 5.43. The van der Waals surface area contributed by atoms with Crippen molar-refractivity contribution in [2.45, 2.75) is 25.8 Å². The molecule has 2 amide bonds. The minimum Gasteiger partial charge on any atom is -0.489 e. The molecule has 2 N–H and O–H groups in total. The van der Waals surface area contributed by atoms with Crippen molar-refractivity contribution < 1.29 is 14.3 Å². The number of likely N-dealkylation sites (tertiary alicyclic amines) is 1. The van der Waals surface area contributed by atoms with Crippen LogP contribution in [0.3, 0.4) is 0 Å². The maximum atomic E-state index is 12.7. The van der Waals surface area contributed by atoms with Crippen LogP contribution in [0.4, 0.5) is 16.2 Å². The van der Waals surface area contributed by atoms with Crippen molar-refractivity contribution >= 4 is 23.3 Å². The minimum atomic E-state index is -0.359. The first kappa shape index (κ1) is 19.0. The molecule has 0 spiro atoms. The Morgan fingerprint density at radius 1 is 1.17 bits per heavy atom. The highest BCUT2D eigenvalue weighted by molar-refractivity contribution is 5.95. The van der Waals surface area contributed by atoms with Crippen LogP contribution in [0.15, 0.2) is 36.5 Å². The van der Waals surface area contributed by atoms with Crippen molar-refractivity contribution in [2.75, 3.05) is 31.6 Å². The molecule has 29 heavy (non-hydrogen) atoms. The predicted molar refractivity (Wildman–Crippen MR) is 109 cm³/mol. The van der Waals surface area contributed by atoms with Gasteiger partial charge in [0.1, 0.15) is 17.8 Å². The van der Waals surface area contributed by atoms with Gasteiger partial charge in [0.2, 0.25) is 0 Å². The normalized spacial score (nSPS) is 18.2. The lowest BCUT2D eigenvalue weighted by atomic mass is 10.1. The first-order chi connectivity index (χ1) is 14.0. The molecule has 1 saturated heterocycles. The van der Waals surface area contributed by atoms with Crippen LogP contribution in [-0.2, 0) is 0 Å². The number of rotatable bonds is 2. The lowest BCUT2D eigenvalue weighted by Gasteiger charge is -2.37. The molecule has 1 atom stereocenters. The van der Waals surface area contributed by atoms with E-state index in [1.165, 1.54) is 11.6 Å². The molecule has 152 valence electrons. The lowest BCUT2D eigenvalue weighted by Crippen LogP contribution is -2.39. The average molecular weight is 395 g/mol. The number of pyridine rings is 1. The van der Waals surface area contributed by atoms with Gasteiger partial charge in [-0.15, -0.1) is 0 Å². The van der Waals surface area contributed by atoms with Gasteiger partial charge in [0.25, 0.3) is 5.91 Å². The molecule has 0 unspecified atom stereocenters. The zero-order valence-electron chi connectivity index (χ0n) is 16.6. The number of hydrogen-bond donors (Lipinski definition) is 2. The highest BCUT2D eigenvalue weighted by Crippen LogP contribution is 2.39. The van der Waals surface area contributed by atoms with Gasteiger partial charge < -0.3 is 19.9 Å². The molecule has 0 saturated carbocycles. The second-order valence-corrected chi connectivity index (χ2v) is 7.41. The van der Waals surface area contributed by atoms with Crippen molar-refractivity contribution in [1.29, 1.82) is 5.41 Å². The highest BCUT2D eigenvalue weighted by atomic mass is 16.5. The molecule has 8 nitrogen and oxygen atoms in total. The summed E-state index contributed by atoms with van der Waals surface area (Å²) in [5.74, 6) is 0.696. The highest BCUT2D eigenvalue weighted by Gasteiger charge is 2.28. The van der Waals surface area contributed by atoms with Gasteiger partial charge in [-0.3, -0.25) is 14.8 Å². The van der Waals surface area contributed by atoms with E-state index in [1.54, 1.807) is 12.3 Å². The number of carbonyl (C=O) groups excluding carboxylic acids is 2. The van der Waals surface area contributed by atoms with E-state index >= 15 is 0 Å². The molecule has 0 aliphatic carbocycles. The Morgan fingerprint density at radius 3 is 2.62 bits per heavy atom. The molecule has 2 aliphatic rings. The molecule has 1 aromatic carbocycles. The Kier molecular flexibility index (Phi) is 5.00. The number of benzene rings is 1. The van der Waals surface area contributed by atoms with E-state index in [1.807, 2.05) is 36.1 Å². The molecule has 1 fully saturated rings. The third kappa shape index (κ3) is 3.46. The number of nitrogens with one attached hydrogen (secondary N) is 2. The van der Waals surface area contributed by atoms with Crippen LogP contribution in [0.5, 0.6) is 5.75 Å². The first-order valence-corrected chi connectivity index (χ1v) is 9.84. The number of aromatic nitrogens is 1. The fourth-order valence-electron chi connectivity index (χ4n) is 3.92. The van der Waals surface area contributed by atoms with Crippen LogP contribution in [-0.4, -0.2) is 54.2 Å². The number of amides is 2. The van der Waals surface area contributed by atoms with Crippen molar-refractivity contribution in [3.05, 3.63) is 47.6 Å². The number of carbonyl (C=O) groups is 2. The molecule has 2 aliphatic heterocycles. The monoisotopic (exact) mass is 395 g/mol. The Balaban J connectivity index is 1.68. The minimum absolute atomic E-state index is 0.0397. The van der Waals surface area contributed by atoms with Gasteiger partial charge in [-0.2, -0.15) is 0 Å². The van der Waals surface area contributed by atoms with E-state index in [0.717, 1.165) is 37.3 Å². The Bertz CT molecular complexity index is 1010. The number of nitrogens with zero attached hydrogens (tertiary/aromatic N) is 3. The molecule has 0 radical (unpaired) electrons. The van der Waals surface area contributed by atoms with E-state index in [4.69, 9.17) is 10.1 Å². The van der Waals surface area contributed by atoms with E-state index in [-0.39, 0.29) is 23.5 Å². The van der Waals surface area contributed by atoms with E-state index < -0.39 is 0 Å². The van der Waals surface area contributed by atoms with Crippen LogP contribution in [0.2, 0.25) is 0 Å². The van der Waals surface area contributed by atoms with Gasteiger partial charge in [0.05, 0.1) is 11.7 Å². The van der Waals surface area contributed by atoms with Crippen molar-refractivity contribution in [3.63, 3.8) is 0 Å². The van der Waals surface area contributed by atoms with Gasteiger partial charge in [-0.1, -0.05) is 0 Å². The zero-order chi connectivity index (χ0) is 20.5. The van der Waals surface area contributed by atoms with Gasteiger partial charge in [0.15, 0.2) is 0 Å². The second-order valence-electron chi connectivity index (χ2n) is 7.41.